The lowest BCUT2D eigenvalue weighted by Crippen LogP contribution is -2.52. The number of piperazine rings is 1. The molecule has 1 aliphatic rings. The van der Waals surface area contributed by atoms with Gasteiger partial charge in [0.25, 0.3) is 0 Å². The molecule has 2 aromatic rings. The Morgan fingerprint density at radius 1 is 1.19 bits per heavy atom. The number of benzene rings is 1. The van der Waals surface area contributed by atoms with Crippen LogP contribution in [0.25, 0.3) is 0 Å². The number of halogens is 1. The highest BCUT2D eigenvalue weighted by Gasteiger charge is 2.21. The molecule has 1 saturated heterocycles. The second kappa shape index (κ2) is 9.77. The normalized spacial score (nSPS) is 14.7. The second-order valence-corrected chi connectivity index (χ2v) is 6.27. The molecule has 0 amide bonds. The van der Waals surface area contributed by atoms with Crippen LogP contribution in [0.5, 0.6) is 5.75 Å². The van der Waals surface area contributed by atoms with Gasteiger partial charge < -0.3 is 24.4 Å². The van der Waals surface area contributed by atoms with Gasteiger partial charge in [0.15, 0.2) is 11.8 Å². The number of guanidine groups is 1. The first-order chi connectivity index (χ1) is 12.6. The Balaban J connectivity index is 0.00000261. The summed E-state index contributed by atoms with van der Waals surface area (Å²) in [5, 5.41) is 11.7. The van der Waals surface area contributed by atoms with E-state index >= 15 is 0 Å². The van der Waals surface area contributed by atoms with Gasteiger partial charge in [-0.15, -0.1) is 34.2 Å². The van der Waals surface area contributed by atoms with E-state index in [1.807, 2.05) is 43.8 Å². The van der Waals surface area contributed by atoms with Gasteiger partial charge in [-0.05, 0) is 19.1 Å². The molecular formula is C18H28IN7O. The highest BCUT2D eigenvalue weighted by Crippen LogP contribution is 2.28. The van der Waals surface area contributed by atoms with E-state index in [9.17, 15) is 0 Å². The fourth-order valence-electron chi connectivity index (χ4n) is 3.15. The molecule has 8 nitrogen and oxygen atoms in total. The molecule has 27 heavy (non-hydrogen) atoms. The molecule has 9 heteroatoms. The van der Waals surface area contributed by atoms with Crippen LogP contribution < -0.4 is 15.0 Å². The summed E-state index contributed by atoms with van der Waals surface area (Å²) in [7, 11) is 5.51. The monoisotopic (exact) mass is 485 g/mol. The summed E-state index contributed by atoms with van der Waals surface area (Å²) >= 11 is 0. The number of aromatic nitrogens is 3. The number of para-hydroxylation sites is 2. The number of nitrogens with one attached hydrogen (secondary N) is 1. The van der Waals surface area contributed by atoms with E-state index < -0.39 is 0 Å². The summed E-state index contributed by atoms with van der Waals surface area (Å²) in [6.45, 7) is 6.19. The molecule has 2 heterocycles. The minimum absolute atomic E-state index is 0. The maximum absolute atomic E-state index is 5.49. The molecule has 148 valence electrons. The SMILES string of the molecule is CN=C(NCc1nnc(C)n1C)N1CCN(c2ccccc2OC)CC1.I. The molecular weight excluding hydrogens is 457 g/mol. The quantitative estimate of drug-likeness (QED) is 0.404. The number of rotatable bonds is 4. The van der Waals surface area contributed by atoms with Crippen molar-refractivity contribution in [3.8, 4) is 5.75 Å². The van der Waals surface area contributed by atoms with Gasteiger partial charge in [0.1, 0.15) is 11.6 Å². The van der Waals surface area contributed by atoms with Crippen LogP contribution in [-0.4, -0.2) is 66.0 Å². The van der Waals surface area contributed by atoms with Gasteiger partial charge in [-0.2, -0.15) is 0 Å². The van der Waals surface area contributed by atoms with Crippen molar-refractivity contribution < 1.29 is 4.74 Å². The zero-order chi connectivity index (χ0) is 18.5. The topological polar surface area (TPSA) is 70.8 Å². The van der Waals surface area contributed by atoms with Crippen molar-refractivity contribution >= 4 is 35.6 Å². The predicted octanol–water partition coefficient (Wildman–Crippen LogP) is 1.65. The van der Waals surface area contributed by atoms with E-state index in [1.165, 1.54) is 0 Å². The average molecular weight is 485 g/mol. The smallest absolute Gasteiger partial charge is 0.194 e. The lowest BCUT2D eigenvalue weighted by Gasteiger charge is -2.38. The first-order valence-electron chi connectivity index (χ1n) is 8.82. The Morgan fingerprint density at radius 3 is 2.48 bits per heavy atom. The number of hydrogen-bond acceptors (Lipinski definition) is 5. The first-order valence-corrected chi connectivity index (χ1v) is 8.82. The standard InChI is InChI=1S/C18H27N7O.HI/c1-14-21-22-17(23(14)3)13-20-18(19-2)25-11-9-24(10-12-25)15-7-5-6-8-16(15)26-4;/h5-8H,9-13H2,1-4H3,(H,19,20);1H. The van der Waals surface area contributed by atoms with E-state index in [-0.39, 0.29) is 24.0 Å². The number of ether oxygens (including phenoxy) is 1. The summed E-state index contributed by atoms with van der Waals surface area (Å²) < 4.78 is 7.47. The van der Waals surface area contributed by atoms with Crippen LogP contribution in [0.2, 0.25) is 0 Å². The van der Waals surface area contributed by atoms with E-state index in [2.05, 4.69) is 36.4 Å². The van der Waals surface area contributed by atoms with Gasteiger partial charge in [0, 0.05) is 40.3 Å². The van der Waals surface area contributed by atoms with Gasteiger partial charge in [-0.25, -0.2) is 0 Å². The van der Waals surface area contributed by atoms with E-state index in [0.29, 0.717) is 6.54 Å². The summed E-state index contributed by atoms with van der Waals surface area (Å²) in [4.78, 5) is 9.05. The molecule has 1 N–H and O–H groups in total. The Labute approximate surface area is 177 Å². The number of aliphatic imine (C=N–C) groups is 1. The summed E-state index contributed by atoms with van der Waals surface area (Å²) in [5.41, 5.74) is 1.15. The van der Waals surface area contributed by atoms with Crippen molar-refractivity contribution in [1.82, 2.24) is 25.0 Å². The fraction of sp³-hybridized carbons (Fsp3) is 0.500. The molecule has 0 unspecified atom stereocenters. The van der Waals surface area contributed by atoms with Crippen molar-refractivity contribution in [2.45, 2.75) is 13.5 Å². The van der Waals surface area contributed by atoms with Crippen LogP contribution in [0.3, 0.4) is 0 Å². The highest BCUT2D eigenvalue weighted by molar-refractivity contribution is 14.0. The Morgan fingerprint density at radius 2 is 1.89 bits per heavy atom. The fourth-order valence-corrected chi connectivity index (χ4v) is 3.15. The molecule has 0 bridgehead atoms. The summed E-state index contributed by atoms with van der Waals surface area (Å²) in [6, 6.07) is 8.16. The maximum atomic E-state index is 5.49. The molecule has 0 radical (unpaired) electrons. The summed E-state index contributed by atoms with van der Waals surface area (Å²) in [5.74, 6) is 3.62. The minimum atomic E-state index is 0. The lowest BCUT2D eigenvalue weighted by molar-refractivity contribution is 0.366. The van der Waals surface area contributed by atoms with Gasteiger partial charge in [-0.1, -0.05) is 12.1 Å². The first kappa shape index (κ1) is 21.3. The Hall–Kier alpha value is -2.04. The van der Waals surface area contributed by atoms with Gasteiger partial charge >= 0.3 is 0 Å². The highest BCUT2D eigenvalue weighted by atomic mass is 127. The van der Waals surface area contributed by atoms with Gasteiger partial charge in [0.2, 0.25) is 0 Å². The predicted molar refractivity (Wildman–Crippen MR) is 118 cm³/mol. The van der Waals surface area contributed by atoms with Crippen molar-refractivity contribution in [2.24, 2.45) is 12.0 Å². The van der Waals surface area contributed by atoms with Crippen molar-refractivity contribution in [2.75, 3.05) is 45.2 Å². The van der Waals surface area contributed by atoms with E-state index in [4.69, 9.17) is 4.74 Å². The molecule has 0 saturated carbocycles. The molecule has 1 aromatic heterocycles. The van der Waals surface area contributed by atoms with Crippen LogP contribution in [0.15, 0.2) is 29.3 Å². The molecule has 0 aliphatic carbocycles. The van der Waals surface area contributed by atoms with Gasteiger partial charge in [-0.3, -0.25) is 4.99 Å². The molecule has 1 fully saturated rings. The molecule has 0 spiro atoms. The van der Waals surface area contributed by atoms with Crippen molar-refractivity contribution in [1.29, 1.82) is 0 Å². The van der Waals surface area contributed by atoms with Crippen LogP contribution >= 0.6 is 24.0 Å². The van der Waals surface area contributed by atoms with Gasteiger partial charge in [0.05, 0.1) is 19.3 Å². The zero-order valence-corrected chi connectivity index (χ0v) is 18.7. The molecule has 1 aromatic carbocycles. The minimum Gasteiger partial charge on any atom is -0.495 e. The molecule has 3 rings (SSSR count). The third-order valence-electron chi connectivity index (χ3n) is 4.80. The second-order valence-electron chi connectivity index (χ2n) is 6.27. The average Bonchev–Trinajstić information content (AvgIpc) is 3.01. The van der Waals surface area contributed by atoms with Crippen molar-refractivity contribution in [3.05, 3.63) is 35.9 Å². The largest absolute Gasteiger partial charge is 0.495 e. The van der Waals surface area contributed by atoms with Crippen LogP contribution in [0.1, 0.15) is 11.6 Å². The molecule has 0 atom stereocenters. The number of methoxy groups -OCH3 is 1. The third kappa shape index (κ3) is 4.82. The van der Waals surface area contributed by atoms with Crippen LogP contribution in [-0.2, 0) is 13.6 Å². The number of aryl methyl sites for hydroxylation is 1. The Bertz CT molecular complexity index is 769. The lowest BCUT2D eigenvalue weighted by atomic mass is 10.2. The van der Waals surface area contributed by atoms with E-state index in [0.717, 1.165) is 55.2 Å². The maximum Gasteiger partial charge on any atom is 0.194 e. The Kier molecular flexibility index (Phi) is 7.69. The van der Waals surface area contributed by atoms with E-state index in [1.54, 1.807) is 7.11 Å². The zero-order valence-electron chi connectivity index (χ0n) is 16.3. The number of hydrogen-bond donors (Lipinski definition) is 1. The third-order valence-corrected chi connectivity index (χ3v) is 4.80. The summed E-state index contributed by atoms with van der Waals surface area (Å²) in [6.07, 6.45) is 0. The van der Waals surface area contributed by atoms with Crippen LogP contribution in [0, 0.1) is 6.92 Å². The molecule has 1 aliphatic heterocycles. The van der Waals surface area contributed by atoms with Crippen molar-refractivity contribution in [3.63, 3.8) is 0 Å². The number of nitrogens with zero attached hydrogens (tertiary/aromatic N) is 6. The van der Waals surface area contributed by atoms with Crippen LogP contribution in [0.4, 0.5) is 5.69 Å². The number of anilines is 1.